The van der Waals surface area contributed by atoms with Gasteiger partial charge in [-0.25, -0.2) is 0 Å². The molecule has 1 aliphatic carbocycles. The standard InChI is InChI=1S/C16H28N4/c1-12(2)15-9-17-16(3,13-5-6-13)11-20(15)10-14-7-8-19(4)18-14/h7-8,12-13,15,17H,5-6,9-11H2,1-4H3. The van der Waals surface area contributed by atoms with E-state index in [4.69, 9.17) is 0 Å². The van der Waals surface area contributed by atoms with Crippen LogP contribution in [0.5, 0.6) is 0 Å². The van der Waals surface area contributed by atoms with E-state index in [-0.39, 0.29) is 0 Å². The predicted molar refractivity (Wildman–Crippen MR) is 81.4 cm³/mol. The fourth-order valence-corrected chi connectivity index (χ4v) is 3.64. The molecule has 0 amide bonds. The summed E-state index contributed by atoms with van der Waals surface area (Å²) in [5.74, 6) is 1.55. The molecule has 2 unspecified atom stereocenters. The summed E-state index contributed by atoms with van der Waals surface area (Å²) < 4.78 is 1.90. The van der Waals surface area contributed by atoms with Crippen LogP contribution in [0.1, 0.15) is 39.3 Å². The molecule has 2 fully saturated rings. The zero-order valence-electron chi connectivity index (χ0n) is 13.3. The first kappa shape index (κ1) is 14.1. The molecule has 0 radical (unpaired) electrons. The van der Waals surface area contributed by atoms with E-state index >= 15 is 0 Å². The summed E-state index contributed by atoms with van der Waals surface area (Å²) >= 11 is 0. The van der Waals surface area contributed by atoms with E-state index in [1.165, 1.54) is 18.5 Å². The molecule has 2 atom stereocenters. The van der Waals surface area contributed by atoms with Gasteiger partial charge in [0.05, 0.1) is 5.69 Å². The number of aryl methyl sites for hydroxylation is 1. The van der Waals surface area contributed by atoms with Crippen LogP contribution in [-0.4, -0.2) is 39.4 Å². The Morgan fingerprint density at radius 2 is 2.20 bits per heavy atom. The quantitative estimate of drug-likeness (QED) is 0.913. The molecular formula is C16H28N4. The fraction of sp³-hybridized carbons (Fsp3) is 0.812. The molecule has 2 heterocycles. The van der Waals surface area contributed by atoms with Gasteiger partial charge in [0.1, 0.15) is 0 Å². The molecule has 0 spiro atoms. The number of piperazine rings is 1. The van der Waals surface area contributed by atoms with E-state index in [2.05, 4.69) is 42.2 Å². The zero-order chi connectivity index (χ0) is 14.3. The summed E-state index contributed by atoms with van der Waals surface area (Å²) in [4.78, 5) is 2.65. The second-order valence-corrected chi connectivity index (χ2v) is 7.27. The van der Waals surface area contributed by atoms with Crippen LogP contribution in [0.25, 0.3) is 0 Å². The molecule has 1 aliphatic heterocycles. The van der Waals surface area contributed by atoms with Crippen molar-refractivity contribution in [2.45, 2.75) is 51.7 Å². The Bertz CT molecular complexity index is 463. The van der Waals surface area contributed by atoms with Gasteiger partial charge in [-0.15, -0.1) is 0 Å². The Kier molecular flexibility index (Phi) is 3.63. The average molecular weight is 276 g/mol. The van der Waals surface area contributed by atoms with Crippen LogP contribution in [0.3, 0.4) is 0 Å². The van der Waals surface area contributed by atoms with E-state index in [0.29, 0.717) is 17.5 Å². The summed E-state index contributed by atoms with van der Waals surface area (Å²) in [5, 5.41) is 8.40. The molecule has 1 aromatic rings. The molecule has 4 nitrogen and oxygen atoms in total. The lowest BCUT2D eigenvalue weighted by Crippen LogP contribution is -2.64. The minimum absolute atomic E-state index is 0.306. The molecule has 1 saturated carbocycles. The molecule has 0 bridgehead atoms. The lowest BCUT2D eigenvalue weighted by Gasteiger charge is -2.48. The average Bonchev–Trinajstić information content (AvgIpc) is 3.15. The molecule has 0 aromatic carbocycles. The second kappa shape index (κ2) is 5.15. The Balaban J connectivity index is 1.74. The maximum absolute atomic E-state index is 4.56. The highest BCUT2D eigenvalue weighted by atomic mass is 15.3. The van der Waals surface area contributed by atoms with Gasteiger partial charge in [-0.05, 0) is 37.7 Å². The van der Waals surface area contributed by atoms with E-state index in [1.54, 1.807) is 0 Å². The lowest BCUT2D eigenvalue weighted by atomic mass is 9.88. The van der Waals surface area contributed by atoms with E-state index in [0.717, 1.165) is 25.6 Å². The van der Waals surface area contributed by atoms with Crippen molar-refractivity contribution >= 4 is 0 Å². The van der Waals surface area contributed by atoms with Crippen LogP contribution in [0.15, 0.2) is 12.3 Å². The normalized spacial score (nSPS) is 31.9. The Morgan fingerprint density at radius 1 is 1.45 bits per heavy atom. The molecule has 3 rings (SSSR count). The predicted octanol–water partition coefficient (Wildman–Crippen LogP) is 2.02. The number of nitrogens with zero attached hydrogens (tertiary/aromatic N) is 3. The summed E-state index contributed by atoms with van der Waals surface area (Å²) in [7, 11) is 2.00. The molecular weight excluding hydrogens is 248 g/mol. The summed E-state index contributed by atoms with van der Waals surface area (Å²) in [6.45, 7) is 10.3. The van der Waals surface area contributed by atoms with Gasteiger partial charge in [-0.3, -0.25) is 9.58 Å². The number of aromatic nitrogens is 2. The molecule has 1 aromatic heterocycles. The summed E-state index contributed by atoms with van der Waals surface area (Å²) in [6, 6.07) is 2.76. The third-order valence-corrected chi connectivity index (χ3v) is 5.10. The number of rotatable bonds is 4. The van der Waals surface area contributed by atoms with Crippen molar-refractivity contribution in [3.05, 3.63) is 18.0 Å². The van der Waals surface area contributed by atoms with Gasteiger partial charge in [-0.2, -0.15) is 5.10 Å². The topological polar surface area (TPSA) is 33.1 Å². The van der Waals surface area contributed by atoms with Crippen LogP contribution in [0.4, 0.5) is 0 Å². The van der Waals surface area contributed by atoms with Crippen molar-refractivity contribution in [3.63, 3.8) is 0 Å². The van der Waals surface area contributed by atoms with Gasteiger partial charge in [0.15, 0.2) is 0 Å². The van der Waals surface area contributed by atoms with Gasteiger partial charge < -0.3 is 5.32 Å². The molecule has 112 valence electrons. The van der Waals surface area contributed by atoms with Gasteiger partial charge in [0.2, 0.25) is 0 Å². The highest BCUT2D eigenvalue weighted by molar-refractivity contribution is 5.07. The summed E-state index contributed by atoms with van der Waals surface area (Å²) in [6.07, 6.45) is 4.84. The molecule has 4 heteroatoms. The number of nitrogens with one attached hydrogen (secondary N) is 1. The number of hydrogen-bond acceptors (Lipinski definition) is 3. The highest BCUT2D eigenvalue weighted by Gasteiger charge is 2.46. The van der Waals surface area contributed by atoms with Crippen molar-refractivity contribution in [3.8, 4) is 0 Å². The van der Waals surface area contributed by atoms with Crippen LogP contribution in [0.2, 0.25) is 0 Å². The Hall–Kier alpha value is -0.870. The van der Waals surface area contributed by atoms with Crippen molar-refractivity contribution < 1.29 is 0 Å². The smallest absolute Gasteiger partial charge is 0.0764 e. The van der Waals surface area contributed by atoms with Crippen LogP contribution in [-0.2, 0) is 13.6 Å². The van der Waals surface area contributed by atoms with Gasteiger partial charge >= 0.3 is 0 Å². The first-order valence-corrected chi connectivity index (χ1v) is 7.95. The van der Waals surface area contributed by atoms with E-state index in [1.807, 2.05) is 17.9 Å². The van der Waals surface area contributed by atoms with Gasteiger partial charge in [0, 0.05) is 44.5 Å². The van der Waals surface area contributed by atoms with E-state index in [9.17, 15) is 0 Å². The van der Waals surface area contributed by atoms with Crippen LogP contribution >= 0.6 is 0 Å². The van der Waals surface area contributed by atoms with Crippen molar-refractivity contribution in [2.75, 3.05) is 13.1 Å². The maximum Gasteiger partial charge on any atom is 0.0764 e. The van der Waals surface area contributed by atoms with E-state index < -0.39 is 0 Å². The Morgan fingerprint density at radius 3 is 2.75 bits per heavy atom. The van der Waals surface area contributed by atoms with Crippen molar-refractivity contribution in [1.82, 2.24) is 20.0 Å². The summed E-state index contributed by atoms with van der Waals surface area (Å²) in [5.41, 5.74) is 1.50. The third-order valence-electron chi connectivity index (χ3n) is 5.10. The maximum atomic E-state index is 4.56. The highest BCUT2D eigenvalue weighted by Crippen LogP contribution is 2.42. The Labute approximate surface area is 122 Å². The fourth-order valence-electron chi connectivity index (χ4n) is 3.64. The molecule has 2 aliphatic rings. The minimum atomic E-state index is 0.306. The first-order chi connectivity index (χ1) is 9.48. The zero-order valence-corrected chi connectivity index (χ0v) is 13.3. The van der Waals surface area contributed by atoms with Crippen molar-refractivity contribution in [2.24, 2.45) is 18.9 Å². The first-order valence-electron chi connectivity index (χ1n) is 7.95. The number of hydrogen-bond donors (Lipinski definition) is 1. The molecule has 1 N–H and O–H groups in total. The van der Waals surface area contributed by atoms with Crippen LogP contribution < -0.4 is 5.32 Å². The molecule has 20 heavy (non-hydrogen) atoms. The SMILES string of the molecule is CC(C)C1CNC(C)(C2CC2)CN1Cc1ccn(C)n1. The minimum Gasteiger partial charge on any atom is -0.308 e. The van der Waals surface area contributed by atoms with Crippen molar-refractivity contribution in [1.29, 1.82) is 0 Å². The third kappa shape index (κ3) is 2.77. The molecule has 1 saturated heterocycles. The van der Waals surface area contributed by atoms with Gasteiger partial charge in [0.25, 0.3) is 0 Å². The second-order valence-electron chi connectivity index (χ2n) is 7.27. The largest absolute Gasteiger partial charge is 0.308 e. The van der Waals surface area contributed by atoms with Gasteiger partial charge in [-0.1, -0.05) is 13.8 Å². The monoisotopic (exact) mass is 276 g/mol. The van der Waals surface area contributed by atoms with Crippen LogP contribution in [0, 0.1) is 11.8 Å². The lowest BCUT2D eigenvalue weighted by molar-refractivity contribution is 0.0452.